The number of carbonyl (C=O) groups is 1. The van der Waals surface area contributed by atoms with E-state index in [2.05, 4.69) is 10.4 Å². The molecule has 0 fully saturated rings. The highest BCUT2D eigenvalue weighted by Crippen LogP contribution is 2.40. The summed E-state index contributed by atoms with van der Waals surface area (Å²) in [6.45, 7) is 4.00. The third kappa shape index (κ3) is 2.51. The van der Waals surface area contributed by atoms with Crippen LogP contribution in [0.25, 0.3) is 0 Å². The van der Waals surface area contributed by atoms with Crippen LogP contribution in [0, 0.1) is 0 Å². The quantitative estimate of drug-likeness (QED) is 0.943. The fraction of sp³-hybridized carbons (Fsp3) is 0.375. The van der Waals surface area contributed by atoms with Gasteiger partial charge in [-0.2, -0.15) is 5.10 Å². The van der Waals surface area contributed by atoms with E-state index in [1.807, 2.05) is 51.4 Å². The van der Waals surface area contributed by atoms with Crippen LogP contribution in [-0.4, -0.2) is 21.8 Å². The average Bonchev–Trinajstić information content (AvgIpc) is 2.80. The lowest BCUT2D eigenvalue weighted by molar-refractivity contribution is -0.116. The summed E-state index contributed by atoms with van der Waals surface area (Å²) in [4.78, 5) is 12.0. The molecular weight excluding hydrogens is 266 g/mol. The Morgan fingerprint density at radius 1 is 1.33 bits per heavy atom. The van der Waals surface area contributed by atoms with Crippen LogP contribution in [0.5, 0.6) is 5.75 Å². The Hall–Kier alpha value is -2.30. The van der Waals surface area contributed by atoms with Crippen LogP contribution in [0.2, 0.25) is 0 Å². The molecule has 1 aliphatic rings. The number of amides is 1. The summed E-state index contributed by atoms with van der Waals surface area (Å²) in [5.74, 6) is 1.60. The molecule has 0 saturated heterocycles. The van der Waals surface area contributed by atoms with Gasteiger partial charge in [-0.05, 0) is 19.9 Å². The van der Waals surface area contributed by atoms with Crippen LogP contribution < -0.4 is 10.1 Å². The van der Waals surface area contributed by atoms with Gasteiger partial charge in [-0.1, -0.05) is 18.2 Å². The Balaban J connectivity index is 2.07. The number of hydrogen-bond acceptors (Lipinski definition) is 3. The Morgan fingerprint density at radius 3 is 2.86 bits per heavy atom. The molecule has 110 valence electrons. The van der Waals surface area contributed by atoms with Crippen LogP contribution in [0.1, 0.15) is 37.3 Å². The van der Waals surface area contributed by atoms with Gasteiger partial charge in [-0.25, -0.2) is 0 Å². The maximum atomic E-state index is 12.0. The third-order valence-electron chi connectivity index (χ3n) is 3.65. The maximum Gasteiger partial charge on any atom is 0.226 e. The highest BCUT2D eigenvalue weighted by Gasteiger charge is 2.31. The van der Waals surface area contributed by atoms with Crippen LogP contribution in [0.4, 0.5) is 5.82 Å². The number of ether oxygens (including phenoxy) is 1. The van der Waals surface area contributed by atoms with Gasteiger partial charge < -0.3 is 10.1 Å². The van der Waals surface area contributed by atoms with Crippen molar-refractivity contribution in [2.24, 2.45) is 7.05 Å². The molecule has 1 aromatic carbocycles. The summed E-state index contributed by atoms with van der Waals surface area (Å²) in [5, 5.41) is 7.15. The molecule has 5 nitrogen and oxygen atoms in total. The minimum Gasteiger partial charge on any atom is -0.491 e. The lowest BCUT2D eigenvalue weighted by atomic mass is 9.87. The van der Waals surface area contributed by atoms with Crippen molar-refractivity contribution < 1.29 is 9.53 Å². The minimum absolute atomic E-state index is 0.00968. The lowest BCUT2D eigenvalue weighted by Gasteiger charge is -2.25. The number of para-hydroxylation sites is 1. The lowest BCUT2D eigenvalue weighted by Crippen LogP contribution is -2.24. The van der Waals surface area contributed by atoms with Crippen molar-refractivity contribution in [3.8, 4) is 5.75 Å². The maximum absolute atomic E-state index is 12.0. The van der Waals surface area contributed by atoms with Gasteiger partial charge in [0.25, 0.3) is 0 Å². The number of fused-ring (bicyclic) bond motifs is 1. The highest BCUT2D eigenvalue weighted by molar-refractivity contribution is 5.94. The number of hydrogen-bond donors (Lipinski definition) is 1. The summed E-state index contributed by atoms with van der Waals surface area (Å²) in [6, 6.07) is 7.91. The average molecular weight is 285 g/mol. The first-order chi connectivity index (χ1) is 10.1. The summed E-state index contributed by atoms with van der Waals surface area (Å²) in [7, 11) is 1.83. The number of anilines is 1. The van der Waals surface area contributed by atoms with Crippen LogP contribution in [-0.2, 0) is 11.8 Å². The van der Waals surface area contributed by atoms with Gasteiger partial charge in [0.05, 0.1) is 12.3 Å². The van der Waals surface area contributed by atoms with Crippen molar-refractivity contribution in [2.45, 2.75) is 32.3 Å². The zero-order valence-corrected chi connectivity index (χ0v) is 12.5. The normalized spacial score (nSPS) is 17.5. The number of benzene rings is 1. The number of rotatable bonds is 3. The molecule has 21 heavy (non-hydrogen) atoms. The Labute approximate surface area is 123 Å². The van der Waals surface area contributed by atoms with E-state index in [-0.39, 0.29) is 17.9 Å². The molecule has 2 aromatic rings. The summed E-state index contributed by atoms with van der Waals surface area (Å²) in [5.41, 5.74) is 2.08. The molecule has 0 saturated carbocycles. The van der Waals surface area contributed by atoms with Crippen LogP contribution in [0.15, 0.2) is 30.5 Å². The van der Waals surface area contributed by atoms with Crippen molar-refractivity contribution in [2.75, 3.05) is 5.32 Å². The fourth-order valence-electron chi connectivity index (χ4n) is 2.75. The molecule has 2 heterocycles. The molecule has 3 rings (SSSR count). The number of carbonyl (C=O) groups excluding carboxylic acids is 1. The van der Waals surface area contributed by atoms with Crippen molar-refractivity contribution in [1.29, 1.82) is 0 Å². The van der Waals surface area contributed by atoms with Gasteiger partial charge in [0.2, 0.25) is 5.91 Å². The van der Waals surface area contributed by atoms with Gasteiger partial charge in [-0.3, -0.25) is 9.48 Å². The Kier molecular flexibility index (Phi) is 3.41. The largest absolute Gasteiger partial charge is 0.491 e. The fourth-order valence-corrected chi connectivity index (χ4v) is 2.75. The van der Waals surface area contributed by atoms with Gasteiger partial charge >= 0.3 is 0 Å². The van der Waals surface area contributed by atoms with Gasteiger partial charge in [-0.15, -0.1) is 0 Å². The molecule has 1 aliphatic heterocycles. The predicted octanol–water partition coefficient (Wildman–Crippen LogP) is 2.68. The molecule has 5 heteroatoms. The van der Waals surface area contributed by atoms with Crippen molar-refractivity contribution >= 4 is 11.7 Å². The number of nitrogens with zero attached hydrogens (tertiary/aromatic N) is 2. The molecule has 1 aromatic heterocycles. The van der Waals surface area contributed by atoms with E-state index >= 15 is 0 Å². The summed E-state index contributed by atoms with van der Waals surface area (Å²) >= 11 is 0. The van der Waals surface area contributed by atoms with E-state index in [1.54, 1.807) is 4.68 Å². The van der Waals surface area contributed by atoms with Crippen molar-refractivity contribution in [3.05, 3.63) is 41.6 Å². The number of aromatic nitrogens is 2. The molecule has 0 radical (unpaired) electrons. The molecule has 0 unspecified atom stereocenters. The molecule has 0 bridgehead atoms. The molecule has 1 atom stereocenters. The standard InChI is InChI=1S/C16H19N3O2/c1-10(2)21-14-7-5-4-6-11(14)12-8-15(20)18-16-13(12)9-17-19(16)3/h4-7,9-10,12H,8H2,1-3H3,(H,18,20)/t12-/m0/s1. The third-order valence-corrected chi connectivity index (χ3v) is 3.65. The first-order valence-electron chi connectivity index (χ1n) is 7.13. The second kappa shape index (κ2) is 5.24. The Morgan fingerprint density at radius 2 is 2.10 bits per heavy atom. The SMILES string of the molecule is CC(C)Oc1ccccc1[C@@H]1CC(=O)Nc2c1cnn2C. The monoisotopic (exact) mass is 285 g/mol. The number of nitrogens with one attached hydrogen (secondary N) is 1. The predicted molar refractivity (Wildman–Crippen MR) is 80.5 cm³/mol. The zero-order chi connectivity index (χ0) is 15.0. The van der Waals surface area contributed by atoms with Gasteiger partial charge in [0.1, 0.15) is 11.6 Å². The summed E-state index contributed by atoms with van der Waals surface area (Å²) < 4.78 is 7.60. The van der Waals surface area contributed by atoms with E-state index in [1.165, 1.54) is 0 Å². The molecule has 1 N–H and O–H groups in total. The van der Waals surface area contributed by atoms with E-state index < -0.39 is 0 Å². The molecule has 0 aliphatic carbocycles. The molecule has 0 spiro atoms. The zero-order valence-electron chi connectivity index (χ0n) is 12.5. The van der Waals surface area contributed by atoms with Crippen LogP contribution >= 0.6 is 0 Å². The van der Waals surface area contributed by atoms with E-state index in [0.29, 0.717) is 6.42 Å². The first-order valence-corrected chi connectivity index (χ1v) is 7.13. The highest BCUT2D eigenvalue weighted by atomic mass is 16.5. The second-order valence-electron chi connectivity index (χ2n) is 5.58. The topological polar surface area (TPSA) is 56.1 Å². The van der Waals surface area contributed by atoms with Gasteiger partial charge in [0.15, 0.2) is 0 Å². The molecule has 1 amide bonds. The van der Waals surface area contributed by atoms with Gasteiger partial charge in [0, 0.05) is 30.5 Å². The molecular formula is C16H19N3O2. The first kappa shape index (κ1) is 13.7. The summed E-state index contributed by atoms with van der Waals surface area (Å²) in [6.07, 6.45) is 2.33. The van der Waals surface area contributed by atoms with E-state index in [9.17, 15) is 4.79 Å². The second-order valence-corrected chi connectivity index (χ2v) is 5.58. The van der Waals surface area contributed by atoms with Crippen molar-refractivity contribution in [1.82, 2.24) is 9.78 Å². The van der Waals surface area contributed by atoms with E-state index in [4.69, 9.17) is 4.74 Å². The van der Waals surface area contributed by atoms with Crippen LogP contribution in [0.3, 0.4) is 0 Å². The van der Waals surface area contributed by atoms with E-state index in [0.717, 1.165) is 22.7 Å². The minimum atomic E-state index is -0.0163. The van der Waals surface area contributed by atoms with Crippen molar-refractivity contribution in [3.63, 3.8) is 0 Å². The number of aryl methyl sites for hydroxylation is 1. The Bertz CT molecular complexity index is 676. The smallest absolute Gasteiger partial charge is 0.226 e.